The highest BCUT2D eigenvalue weighted by Crippen LogP contribution is 2.08. The minimum absolute atomic E-state index is 0.364. The molecule has 0 aliphatic rings. The molecule has 1 amide bonds. The molecule has 1 aromatic rings. The fourth-order valence-corrected chi connectivity index (χ4v) is 1.69. The molecule has 0 radical (unpaired) electrons. The number of nitrogens with one attached hydrogen (secondary N) is 2. The van der Waals surface area contributed by atoms with Crippen LogP contribution in [0.25, 0.3) is 0 Å². The molecule has 0 saturated carbocycles. The van der Waals surface area contributed by atoms with E-state index in [9.17, 15) is 4.79 Å². The van der Waals surface area contributed by atoms with Crippen molar-refractivity contribution in [1.29, 1.82) is 0 Å². The summed E-state index contributed by atoms with van der Waals surface area (Å²) in [7, 11) is 0. The van der Waals surface area contributed by atoms with E-state index in [4.69, 9.17) is 10.5 Å². The van der Waals surface area contributed by atoms with Crippen molar-refractivity contribution in [2.24, 2.45) is 10.7 Å². The standard InChI is InChI=1S/C16H26N4O2/c1-12-7-5-8-13(11-12)20-14(17)18-9-6-10-19-15(21)22-16(2,3)4/h5,7-8,11H,6,9-10H2,1-4H3,(H,19,21)(H3,17,18,20). The van der Waals surface area contributed by atoms with E-state index >= 15 is 0 Å². The molecule has 0 bridgehead atoms. The van der Waals surface area contributed by atoms with E-state index < -0.39 is 11.7 Å². The molecular weight excluding hydrogens is 280 g/mol. The van der Waals surface area contributed by atoms with Crippen LogP contribution in [-0.4, -0.2) is 30.7 Å². The van der Waals surface area contributed by atoms with E-state index in [1.807, 2.05) is 52.0 Å². The maximum absolute atomic E-state index is 11.4. The van der Waals surface area contributed by atoms with Crippen LogP contribution < -0.4 is 16.4 Å². The van der Waals surface area contributed by atoms with Crippen molar-refractivity contribution < 1.29 is 9.53 Å². The van der Waals surface area contributed by atoms with Crippen LogP contribution in [-0.2, 0) is 4.74 Å². The third kappa shape index (κ3) is 8.14. The Morgan fingerprint density at radius 2 is 2.09 bits per heavy atom. The fourth-order valence-electron chi connectivity index (χ4n) is 1.69. The summed E-state index contributed by atoms with van der Waals surface area (Å²) in [6.07, 6.45) is 0.275. The molecule has 0 aromatic heterocycles. The quantitative estimate of drug-likeness (QED) is 0.443. The molecule has 0 saturated heterocycles. The molecule has 0 heterocycles. The predicted octanol–water partition coefficient (Wildman–Crippen LogP) is 2.64. The van der Waals surface area contributed by atoms with Gasteiger partial charge in [-0.2, -0.15) is 0 Å². The van der Waals surface area contributed by atoms with Gasteiger partial charge in [-0.25, -0.2) is 4.79 Å². The van der Waals surface area contributed by atoms with E-state index in [0.29, 0.717) is 25.5 Å². The van der Waals surface area contributed by atoms with Crippen LogP contribution in [0, 0.1) is 6.92 Å². The minimum Gasteiger partial charge on any atom is -0.444 e. The summed E-state index contributed by atoms with van der Waals surface area (Å²) in [6, 6.07) is 7.89. The molecule has 1 rings (SSSR count). The first-order valence-electron chi connectivity index (χ1n) is 7.37. The second-order valence-electron chi connectivity index (χ2n) is 6.04. The van der Waals surface area contributed by atoms with Gasteiger partial charge in [0.1, 0.15) is 5.60 Å². The Labute approximate surface area is 132 Å². The lowest BCUT2D eigenvalue weighted by atomic mass is 10.2. The third-order valence-electron chi connectivity index (χ3n) is 2.58. The van der Waals surface area contributed by atoms with Gasteiger partial charge >= 0.3 is 6.09 Å². The first-order valence-corrected chi connectivity index (χ1v) is 7.37. The summed E-state index contributed by atoms with van der Waals surface area (Å²) >= 11 is 0. The summed E-state index contributed by atoms with van der Waals surface area (Å²) in [6.45, 7) is 8.52. The van der Waals surface area contributed by atoms with Gasteiger partial charge in [-0.3, -0.25) is 4.99 Å². The van der Waals surface area contributed by atoms with Gasteiger partial charge < -0.3 is 21.1 Å². The molecular formula is C16H26N4O2. The van der Waals surface area contributed by atoms with Crippen LogP contribution in [0.15, 0.2) is 29.3 Å². The average Bonchev–Trinajstić information content (AvgIpc) is 2.36. The number of hydrogen-bond donors (Lipinski definition) is 3. The lowest BCUT2D eigenvalue weighted by Crippen LogP contribution is -2.33. The number of carbonyl (C=O) groups excluding carboxylic acids is 1. The van der Waals surface area contributed by atoms with Crippen LogP contribution in [0.5, 0.6) is 0 Å². The zero-order valence-electron chi connectivity index (χ0n) is 13.8. The average molecular weight is 306 g/mol. The second-order valence-corrected chi connectivity index (χ2v) is 6.04. The molecule has 0 atom stereocenters. The number of amides is 1. The van der Waals surface area contributed by atoms with Crippen molar-refractivity contribution in [3.8, 4) is 0 Å². The van der Waals surface area contributed by atoms with Gasteiger partial charge in [-0.15, -0.1) is 0 Å². The van der Waals surface area contributed by atoms with Gasteiger partial charge in [0.2, 0.25) is 0 Å². The smallest absolute Gasteiger partial charge is 0.407 e. The highest BCUT2D eigenvalue weighted by molar-refractivity contribution is 5.92. The van der Waals surface area contributed by atoms with Gasteiger partial charge in [0.05, 0.1) is 0 Å². The highest BCUT2D eigenvalue weighted by Gasteiger charge is 2.15. The second kappa shape index (κ2) is 8.26. The van der Waals surface area contributed by atoms with Crippen molar-refractivity contribution in [3.63, 3.8) is 0 Å². The van der Waals surface area contributed by atoms with Crippen LogP contribution >= 0.6 is 0 Å². The van der Waals surface area contributed by atoms with E-state index in [1.165, 1.54) is 0 Å². The molecule has 1 aromatic carbocycles. The zero-order valence-corrected chi connectivity index (χ0v) is 13.8. The fraction of sp³-hybridized carbons (Fsp3) is 0.500. The van der Waals surface area contributed by atoms with Crippen molar-refractivity contribution in [3.05, 3.63) is 29.8 Å². The van der Waals surface area contributed by atoms with Gasteiger partial charge in [0.25, 0.3) is 0 Å². The van der Waals surface area contributed by atoms with E-state index in [0.717, 1.165) is 11.3 Å². The number of ether oxygens (including phenoxy) is 1. The Balaban J connectivity index is 2.24. The Hall–Kier alpha value is -2.24. The number of carbonyl (C=O) groups is 1. The Kier molecular flexibility index (Phi) is 6.69. The molecule has 0 spiro atoms. The molecule has 22 heavy (non-hydrogen) atoms. The number of hydrogen-bond acceptors (Lipinski definition) is 3. The Morgan fingerprint density at radius 1 is 1.36 bits per heavy atom. The Morgan fingerprint density at radius 3 is 2.73 bits per heavy atom. The van der Waals surface area contributed by atoms with Crippen molar-refractivity contribution >= 4 is 17.7 Å². The van der Waals surface area contributed by atoms with Crippen molar-refractivity contribution in [2.75, 3.05) is 18.4 Å². The first-order chi connectivity index (χ1) is 10.3. The largest absolute Gasteiger partial charge is 0.444 e. The number of rotatable bonds is 5. The van der Waals surface area contributed by atoms with Gasteiger partial charge in [-0.05, 0) is 51.8 Å². The first kappa shape index (κ1) is 17.8. The number of nitrogens with two attached hydrogens (primary N) is 1. The molecule has 122 valence electrons. The molecule has 0 unspecified atom stereocenters. The molecule has 0 aliphatic heterocycles. The number of aryl methyl sites for hydroxylation is 1. The minimum atomic E-state index is -0.482. The number of guanidine groups is 1. The van der Waals surface area contributed by atoms with Gasteiger partial charge in [0, 0.05) is 18.8 Å². The third-order valence-corrected chi connectivity index (χ3v) is 2.58. The summed E-state index contributed by atoms with van der Waals surface area (Å²) in [5.41, 5.74) is 7.39. The number of benzene rings is 1. The molecule has 0 aliphatic carbocycles. The number of nitrogens with zero attached hydrogens (tertiary/aromatic N) is 1. The summed E-state index contributed by atoms with van der Waals surface area (Å²) < 4.78 is 5.13. The normalized spacial score (nSPS) is 11.9. The zero-order chi connectivity index (χ0) is 16.6. The van der Waals surface area contributed by atoms with Crippen LogP contribution in [0.3, 0.4) is 0 Å². The van der Waals surface area contributed by atoms with Crippen molar-refractivity contribution in [2.45, 2.75) is 39.7 Å². The van der Waals surface area contributed by atoms with E-state index in [2.05, 4.69) is 15.6 Å². The lowest BCUT2D eigenvalue weighted by molar-refractivity contribution is 0.0527. The van der Waals surface area contributed by atoms with E-state index in [-0.39, 0.29) is 0 Å². The SMILES string of the molecule is Cc1cccc(NC(N)=NCCCNC(=O)OC(C)(C)C)c1. The lowest BCUT2D eigenvalue weighted by Gasteiger charge is -2.19. The van der Waals surface area contributed by atoms with E-state index in [1.54, 1.807) is 0 Å². The maximum Gasteiger partial charge on any atom is 0.407 e. The van der Waals surface area contributed by atoms with Crippen LogP contribution in [0.2, 0.25) is 0 Å². The van der Waals surface area contributed by atoms with Crippen molar-refractivity contribution in [1.82, 2.24) is 5.32 Å². The molecule has 6 heteroatoms. The highest BCUT2D eigenvalue weighted by atomic mass is 16.6. The van der Waals surface area contributed by atoms with Crippen LogP contribution in [0.4, 0.5) is 10.5 Å². The molecule has 6 nitrogen and oxygen atoms in total. The van der Waals surface area contributed by atoms with Crippen LogP contribution in [0.1, 0.15) is 32.8 Å². The number of alkyl carbamates (subject to hydrolysis) is 1. The number of anilines is 1. The summed E-state index contributed by atoms with van der Waals surface area (Å²) in [5.74, 6) is 0.364. The summed E-state index contributed by atoms with van der Waals surface area (Å²) in [4.78, 5) is 15.6. The predicted molar refractivity (Wildman–Crippen MR) is 90.1 cm³/mol. The molecule has 0 fully saturated rings. The molecule has 4 N–H and O–H groups in total. The van der Waals surface area contributed by atoms with Gasteiger partial charge in [-0.1, -0.05) is 12.1 Å². The number of aliphatic imine (C=N–C) groups is 1. The maximum atomic E-state index is 11.4. The monoisotopic (exact) mass is 306 g/mol. The summed E-state index contributed by atoms with van der Waals surface area (Å²) in [5, 5.41) is 5.71. The van der Waals surface area contributed by atoms with Gasteiger partial charge in [0.15, 0.2) is 5.96 Å². The Bertz CT molecular complexity index is 521. The topological polar surface area (TPSA) is 88.7 Å².